The zero-order chi connectivity index (χ0) is 24.5. The molecule has 0 bridgehead atoms. The zero-order valence-corrected chi connectivity index (χ0v) is 20.3. The van der Waals surface area contributed by atoms with Crippen LogP contribution >= 0.6 is 0 Å². The van der Waals surface area contributed by atoms with Crippen LogP contribution in [0, 0.1) is 11.8 Å². The Morgan fingerprint density at radius 3 is 2.80 bits per heavy atom. The maximum absolute atomic E-state index is 14.0. The Hall–Kier alpha value is -4.18. The summed E-state index contributed by atoms with van der Waals surface area (Å²) in [5.74, 6) is 6.51. The van der Waals surface area contributed by atoms with Gasteiger partial charge in [0.2, 0.25) is 0 Å². The highest BCUT2D eigenvalue weighted by molar-refractivity contribution is 5.90. The van der Waals surface area contributed by atoms with E-state index in [4.69, 9.17) is 10.8 Å². The van der Waals surface area contributed by atoms with E-state index >= 15 is 0 Å². The molecular formula is C28H28N6O. The number of nitrogens with two attached hydrogens (primary N) is 1. The third kappa shape index (κ3) is 3.91. The minimum atomic E-state index is 0.00319. The van der Waals surface area contributed by atoms with Crippen LogP contribution in [0.2, 0.25) is 0 Å². The zero-order valence-electron chi connectivity index (χ0n) is 20.3. The number of fused-ring (bicyclic) bond motifs is 2. The van der Waals surface area contributed by atoms with Crippen LogP contribution in [0.3, 0.4) is 0 Å². The number of nitrogens with zero attached hydrogens (tertiary/aromatic N) is 5. The lowest BCUT2D eigenvalue weighted by Crippen LogP contribution is -2.48. The van der Waals surface area contributed by atoms with Gasteiger partial charge in [-0.05, 0) is 55.0 Å². The second-order valence-corrected chi connectivity index (χ2v) is 8.73. The van der Waals surface area contributed by atoms with Crippen LogP contribution in [0.15, 0.2) is 41.5 Å². The first-order chi connectivity index (χ1) is 17.0. The molecule has 7 heteroatoms. The Kier molecular flexibility index (Phi) is 5.96. The van der Waals surface area contributed by atoms with Crippen molar-refractivity contribution in [2.24, 2.45) is 0 Å². The number of hydrogen-bond donors (Lipinski definition) is 1. The Balaban J connectivity index is 1.81. The summed E-state index contributed by atoms with van der Waals surface area (Å²) in [5, 5.41) is 7.18. The van der Waals surface area contributed by atoms with E-state index in [-0.39, 0.29) is 5.56 Å². The van der Waals surface area contributed by atoms with Crippen LogP contribution in [0.5, 0.6) is 0 Å². The van der Waals surface area contributed by atoms with Crippen LogP contribution in [-0.2, 0) is 13.0 Å². The smallest absolute Gasteiger partial charge is 0.263 e. The van der Waals surface area contributed by atoms with Crippen molar-refractivity contribution < 1.29 is 0 Å². The van der Waals surface area contributed by atoms with E-state index in [9.17, 15) is 4.79 Å². The van der Waals surface area contributed by atoms with Crippen molar-refractivity contribution in [3.05, 3.63) is 74.4 Å². The lowest BCUT2D eigenvalue weighted by atomic mass is 10.0. The standard InChI is InChI=1S/C28H28N6O/c1-4-6-13-22-25-26(29)30-17-31-27(25)33(32-22)16-21-15-20-12-9-10-18(3)24(20)28(35)34(21)23-14-8-7-11-19(23)5-2/h7-8,11-12,14-15,17H,4-5,9-10,16H2,1-3H3,(H2,29,30,31). The fraction of sp³-hybridized carbons (Fsp3) is 0.286. The van der Waals surface area contributed by atoms with Gasteiger partial charge in [-0.3, -0.25) is 9.36 Å². The van der Waals surface area contributed by atoms with Crippen LogP contribution in [-0.4, -0.2) is 24.3 Å². The minimum absolute atomic E-state index is 0.00319. The van der Waals surface area contributed by atoms with Gasteiger partial charge in [-0.15, -0.1) is 0 Å². The fourth-order valence-corrected chi connectivity index (χ4v) is 4.80. The van der Waals surface area contributed by atoms with Gasteiger partial charge in [0.25, 0.3) is 5.56 Å². The highest BCUT2D eigenvalue weighted by Crippen LogP contribution is 2.22. The molecule has 5 rings (SSSR count). The van der Waals surface area contributed by atoms with Crippen molar-refractivity contribution in [2.75, 3.05) is 5.73 Å². The topological polar surface area (TPSA) is 91.6 Å². The molecule has 0 spiro atoms. The van der Waals surface area contributed by atoms with E-state index in [2.05, 4.69) is 53.9 Å². The van der Waals surface area contributed by atoms with Crippen molar-refractivity contribution in [3.8, 4) is 17.5 Å². The second kappa shape index (κ2) is 9.22. The maximum atomic E-state index is 14.0. The third-order valence-electron chi connectivity index (χ3n) is 6.49. The number of hydrogen-bond acceptors (Lipinski definition) is 5. The van der Waals surface area contributed by atoms with Crippen molar-refractivity contribution in [1.29, 1.82) is 0 Å². The molecule has 7 nitrogen and oxygen atoms in total. The molecule has 1 aliphatic carbocycles. The Morgan fingerprint density at radius 1 is 1.17 bits per heavy atom. The number of rotatable bonds is 4. The number of nitrogen functional groups attached to an aromatic ring is 1. The third-order valence-corrected chi connectivity index (χ3v) is 6.49. The summed E-state index contributed by atoms with van der Waals surface area (Å²) in [7, 11) is 0. The Bertz CT molecular complexity index is 1700. The molecule has 4 aromatic rings. The van der Waals surface area contributed by atoms with Gasteiger partial charge in [-0.25, -0.2) is 14.6 Å². The molecule has 3 aromatic heterocycles. The maximum Gasteiger partial charge on any atom is 0.263 e. The van der Waals surface area contributed by atoms with E-state index in [0.717, 1.165) is 52.2 Å². The number of aromatic nitrogens is 5. The van der Waals surface area contributed by atoms with Gasteiger partial charge in [0.1, 0.15) is 17.8 Å². The molecule has 0 atom stereocenters. The number of pyridine rings is 1. The van der Waals surface area contributed by atoms with Gasteiger partial charge < -0.3 is 5.73 Å². The summed E-state index contributed by atoms with van der Waals surface area (Å²) >= 11 is 0. The van der Waals surface area contributed by atoms with E-state index < -0.39 is 0 Å². The predicted octanol–water partition coefficient (Wildman–Crippen LogP) is 2.68. The molecule has 0 fully saturated rings. The van der Waals surface area contributed by atoms with Gasteiger partial charge in [0.05, 0.1) is 17.6 Å². The summed E-state index contributed by atoms with van der Waals surface area (Å²) in [6, 6.07) is 10.2. The Labute approximate surface area is 203 Å². The highest BCUT2D eigenvalue weighted by atomic mass is 16.1. The summed E-state index contributed by atoms with van der Waals surface area (Å²) < 4.78 is 3.62. The first-order valence-corrected chi connectivity index (χ1v) is 12.0. The first kappa shape index (κ1) is 22.6. The summed E-state index contributed by atoms with van der Waals surface area (Å²) in [5.41, 5.74) is 11.3. The second-order valence-electron chi connectivity index (χ2n) is 8.73. The van der Waals surface area contributed by atoms with E-state index in [1.165, 1.54) is 6.33 Å². The molecule has 0 unspecified atom stereocenters. The SMILES string of the molecule is CCC#Cc1nn(Cc2cc3c(c(=O)n2-c2ccccc2CC)=C(C)CCC=3)c2ncnc(N)c12. The molecule has 2 N–H and O–H groups in total. The summed E-state index contributed by atoms with van der Waals surface area (Å²) in [4.78, 5) is 22.6. The summed E-state index contributed by atoms with van der Waals surface area (Å²) in [6.45, 7) is 6.49. The monoisotopic (exact) mass is 464 g/mol. The normalized spacial score (nSPS) is 12.7. The van der Waals surface area contributed by atoms with E-state index in [1.807, 2.05) is 29.7 Å². The molecule has 0 saturated heterocycles. The molecule has 35 heavy (non-hydrogen) atoms. The van der Waals surface area contributed by atoms with Crippen molar-refractivity contribution in [1.82, 2.24) is 24.3 Å². The fourth-order valence-electron chi connectivity index (χ4n) is 4.80. The molecule has 1 aromatic carbocycles. The molecule has 176 valence electrons. The van der Waals surface area contributed by atoms with Crippen LogP contribution in [0.4, 0.5) is 5.82 Å². The average molecular weight is 465 g/mol. The number of aryl methyl sites for hydroxylation is 1. The number of para-hydroxylation sites is 1. The van der Waals surface area contributed by atoms with Crippen molar-refractivity contribution in [2.45, 2.75) is 53.0 Å². The molecular weight excluding hydrogens is 436 g/mol. The highest BCUT2D eigenvalue weighted by Gasteiger charge is 2.19. The number of anilines is 1. The number of benzene rings is 1. The van der Waals surface area contributed by atoms with Crippen LogP contribution in [0.25, 0.3) is 28.4 Å². The van der Waals surface area contributed by atoms with Gasteiger partial charge in [0.15, 0.2) is 5.65 Å². The molecule has 0 radical (unpaired) electrons. The van der Waals surface area contributed by atoms with Crippen molar-refractivity contribution in [3.63, 3.8) is 0 Å². The van der Waals surface area contributed by atoms with E-state index in [1.54, 1.807) is 4.68 Å². The van der Waals surface area contributed by atoms with E-state index in [0.29, 0.717) is 35.5 Å². The predicted molar refractivity (Wildman–Crippen MR) is 139 cm³/mol. The van der Waals surface area contributed by atoms with Gasteiger partial charge in [0, 0.05) is 17.3 Å². The molecule has 0 amide bonds. The lowest BCUT2D eigenvalue weighted by molar-refractivity contribution is 0.662. The van der Waals surface area contributed by atoms with Crippen molar-refractivity contribution >= 4 is 28.5 Å². The minimum Gasteiger partial charge on any atom is -0.383 e. The molecule has 0 saturated carbocycles. The molecule has 3 heterocycles. The molecule has 1 aliphatic rings. The lowest BCUT2D eigenvalue weighted by Gasteiger charge is -2.18. The van der Waals surface area contributed by atoms with Gasteiger partial charge in [-0.2, -0.15) is 5.10 Å². The largest absolute Gasteiger partial charge is 0.383 e. The summed E-state index contributed by atoms with van der Waals surface area (Å²) in [6.07, 6.45) is 6.94. The van der Waals surface area contributed by atoms with Gasteiger partial charge >= 0.3 is 0 Å². The van der Waals surface area contributed by atoms with Gasteiger partial charge in [-0.1, -0.05) is 49.6 Å². The average Bonchev–Trinajstić information content (AvgIpc) is 3.21. The van der Waals surface area contributed by atoms with Crippen LogP contribution in [0.1, 0.15) is 57.0 Å². The van der Waals surface area contributed by atoms with Crippen LogP contribution < -0.4 is 21.7 Å². The first-order valence-electron chi connectivity index (χ1n) is 12.0. The quantitative estimate of drug-likeness (QED) is 0.469. The Morgan fingerprint density at radius 2 is 2.00 bits per heavy atom. The molecule has 0 aliphatic heterocycles.